The van der Waals surface area contributed by atoms with E-state index < -0.39 is 12.1 Å². The molecular weight excluding hydrogens is 350 g/mol. The van der Waals surface area contributed by atoms with Crippen molar-refractivity contribution in [3.63, 3.8) is 0 Å². The van der Waals surface area contributed by atoms with Crippen LogP contribution in [0.1, 0.15) is 40.5 Å². The van der Waals surface area contributed by atoms with Crippen LogP contribution in [0, 0.1) is 19.8 Å². The Hall–Kier alpha value is -2.41. The Kier molecular flexibility index (Phi) is 5.00. The minimum absolute atomic E-state index is 0.0117. The SMILES string of the molecule is Cc1cc(C(=O)CN2C(=O)N[C@H](C(C)C)C2=O)c(C)n1Cc1cccs1. The van der Waals surface area contributed by atoms with Crippen molar-refractivity contribution >= 4 is 29.1 Å². The molecule has 3 amide bonds. The average Bonchev–Trinajstić information content (AvgIpc) is 3.26. The molecule has 0 bridgehead atoms. The average molecular weight is 373 g/mol. The van der Waals surface area contributed by atoms with E-state index in [1.165, 1.54) is 4.88 Å². The van der Waals surface area contributed by atoms with Gasteiger partial charge in [0.25, 0.3) is 5.91 Å². The highest BCUT2D eigenvalue weighted by molar-refractivity contribution is 7.09. The fourth-order valence-electron chi connectivity index (χ4n) is 3.26. The molecule has 1 atom stereocenters. The molecule has 138 valence electrons. The molecular formula is C19H23N3O3S. The van der Waals surface area contributed by atoms with Gasteiger partial charge in [-0.15, -0.1) is 11.3 Å². The number of hydrogen-bond acceptors (Lipinski definition) is 4. The Morgan fingerprint density at radius 1 is 1.31 bits per heavy atom. The number of amides is 3. The van der Waals surface area contributed by atoms with Crippen molar-refractivity contribution in [2.75, 3.05) is 6.54 Å². The van der Waals surface area contributed by atoms with Gasteiger partial charge in [0.1, 0.15) is 6.04 Å². The molecule has 3 heterocycles. The number of carbonyl (C=O) groups is 3. The molecule has 1 saturated heterocycles. The van der Waals surface area contributed by atoms with Crippen molar-refractivity contribution < 1.29 is 14.4 Å². The zero-order chi connectivity index (χ0) is 19.0. The van der Waals surface area contributed by atoms with Gasteiger partial charge in [0.05, 0.1) is 13.1 Å². The molecule has 0 saturated carbocycles. The first-order valence-corrected chi connectivity index (χ1v) is 9.51. The molecule has 26 heavy (non-hydrogen) atoms. The molecule has 6 nitrogen and oxygen atoms in total. The zero-order valence-electron chi connectivity index (χ0n) is 15.4. The summed E-state index contributed by atoms with van der Waals surface area (Å²) in [7, 11) is 0. The van der Waals surface area contributed by atoms with E-state index in [0.717, 1.165) is 16.3 Å². The summed E-state index contributed by atoms with van der Waals surface area (Å²) in [5.41, 5.74) is 2.40. The van der Waals surface area contributed by atoms with Gasteiger partial charge in [-0.3, -0.25) is 14.5 Å². The lowest BCUT2D eigenvalue weighted by molar-refractivity contribution is -0.127. The van der Waals surface area contributed by atoms with Crippen LogP contribution in [0.15, 0.2) is 23.6 Å². The lowest BCUT2D eigenvalue weighted by atomic mass is 10.0. The summed E-state index contributed by atoms with van der Waals surface area (Å²) in [6, 6.07) is 4.85. The van der Waals surface area contributed by atoms with Gasteiger partial charge in [-0.2, -0.15) is 0 Å². The van der Waals surface area contributed by atoms with Crippen LogP contribution in [0.25, 0.3) is 0 Å². The van der Waals surface area contributed by atoms with Gasteiger partial charge in [0.2, 0.25) is 0 Å². The Labute approximate surface area is 156 Å². The van der Waals surface area contributed by atoms with Gasteiger partial charge in [-0.05, 0) is 37.3 Å². The normalized spacial score (nSPS) is 17.3. The highest BCUT2D eigenvalue weighted by Gasteiger charge is 2.40. The number of aryl methyl sites for hydroxylation is 1. The van der Waals surface area contributed by atoms with E-state index in [2.05, 4.69) is 16.0 Å². The molecule has 2 aromatic heterocycles. The van der Waals surface area contributed by atoms with Crippen LogP contribution in [-0.2, 0) is 11.3 Å². The quantitative estimate of drug-likeness (QED) is 0.625. The maximum atomic E-state index is 12.8. The summed E-state index contributed by atoms with van der Waals surface area (Å²) in [6.07, 6.45) is 0. The van der Waals surface area contributed by atoms with Gasteiger partial charge in [0.15, 0.2) is 5.78 Å². The second-order valence-electron chi connectivity index (χ2n) is 6.97. The van der Waals surface area contributed by atoms with Crippen LogP contribution in [0.4, 0.5) is 4.79 Å². The van der Waals surface area contributed by atoms with Crippen molar-refractivity contribution in [3.05, 3.63) is 45.4 Å². The zero-order valence-corrected chi connectivity index (χ0v) is 16.2. The van der Waals surface area contributed by atoms with Gasteiger partial charge in [-0.1, -0.05) is 19.9 Å². The minimum atomic E-state index is -0.554. The fraction of sp³-hybridized carbons (Fsp3) is 0.421. The standard InChI is InChI=1S/C19H23N3O3S/c1-11(2)17-18(24)22(19(25)20-17)10-16(23)15-8-12(3)21(13(15)4)9-14-6-5-7-26-14/h5-8,11,17H,9-10H2,1-4H3,(H,20,25)/t17-/m1/s1. The van der Waals surface area contributed by atoms with Crippen LogP contribution < -0.4 is 5.32 Å². The molecule has 3 rings (SSSR count). The number of urea groups is 1. The number of rotatable bonds is 6. The Balaban J connectivity index is 1.78. The molecule has 0 unspecified atom stereocenters. The van der Waals surface area contributed by atoms with Crippen LogP contribution in [-0.4, -0.2) is 39.8 Å². The largest absolute Gasteiger partial charge is 0.343 e. The van der Waals surface area contributed by atoms with Gasteiger partial charge < -0.3 is 9.88 Å². The van der Waals surface area contributed by atoms with E-state index in [1.54, 1.807) is 11.3 Å². The van der Waals surface area contributed by atoms with Gasteiger partial charge in [-0.25, -0.2) is 4.79 Å². The number of ketones is 1. The Morgan fingerprint density at radius 3 is 2.62 bits per heavy atom. The molecule has 0 radical (unpaired) electrons. The predicted molar refractivity (Wildman–Crippen MR) is 101 cm³/mol. The Morgan fingerprint density at radius 2 is 2.04 bits per heavy atom. The van der Waals surface area contributed by atoms with Crippen molar-refractivity contribution in [2.45, 2.75) is 40.3 Å². The third-order valence-corrected chi connectivity index (χ3v) is 5.65. The maximum Gasteiger partial charge on any atom is 0.325 e. The van der Waals surface area contributed by atoms with E-state index in [1.807, 2.05) is 45.2 Å². The smallest absolute Gasteiger partial charge is 0.325 e. The van der Waals surface area contributed by atoms with Crippen molar-refractivity contribution in [1.82, 2.24) is 14.8 Å². The maximum absolute atomic E-state index is 12.8. The third-order valence-electron chi connectivity index (χ3n) is 4.79. The van der Waals surface area contributed by atoms with Gasteiger partial charge >= 0.3 is 6.03 Å². The van der Waals surface area contributed by atoms with Crippen LogP contribution >= 0.6 is 11.3 Å². The molecule has 0 spiro atoms. The first-order valence-electron chi connectivity index (χ1n) is 8.63. The van der Waals surface area contributed by atoms with Gasteiger partial charge in [0, 0.05) is 21.8 Å². The summed E-state index contributed by atoms with van der Waals surface area (Å²) >= 11 is 1.67. The van der Waals surface area contributed by atoms with Crippen molar-refractivity contribution in [3.8, 4) is 0 Å². The third kappa shape index (κ3) is 3.31. The number of carbonyl (C=O) groups excluding carboxylic acids is 3. The number of Topliss-reactive ketones (excluding diaryl/α,β-unsaturated/α-hetero) is 1. The molecule has 1 fully saturated rings. The number of thiophene rings is 1. The molecule has 0 aliphatic carbocycles. The number of hydrogen-bond donors (Lipinski definition) is 1. The lowest BCUT2D eigenvalue weighted by Gasteiger charge is -2.14. The van der Waals surface area contributed by atoms with E-state index in [4.69, 9.17) is 0 Å². The highest BCUT2D eigenvalue weighted by atomic mass is 32.1. The summed E-state index contributed by atoms with van der Waals surface area (Å²) in [4.78, 5) is 39.5. The Bertz CT molecular complexity index is 852. The van der Waals surface area contributed by atoms with Crippen LogP contribution in [0.2, 0.25) is 0 Å². The number of nitrogens with one attached hydrogen (secondary N) is 1. The van der Waals surface area contributed by atoms with Crippen molar-refractivity contribution in [1.29, 1.82) is 0 Å². The van der Waals surface area contributed by atoms with Crippen LogP contribution in [0.5, 0.6) is 0 Å². The van der Waals surface area contributed by atoms with E-state index in [-0.39, 0.29) is 24.2 Å². The van der Waals surface area contributed by atoms with Crippen molar-refractivity contribution in [2.24, 2.45) is 5.92 Å². The fourth-order valence-corrected chi connectivity index (χ4v) is 3.95. The second-order valence-corrected chi connectivity index (χ2v) is 8.00. The molecule has 2 aromatic rings. The number of imide groups is 1. The first kappa shape index (κ1) is 18.4. The topological polar surface area (TPSA) is 71.4 Å². The molecule has 1 aliphatic heterocycles. The molecule has 0 aromatic carbocycles. The minimum Gasteiger partial charge on any atom is -0.343 e. The summed E-state index contributed by atoms with van der Waals surface area (Å²) < 4.78 is 2.09. The highest BCUT2D eigenvalue weighted by Crippen LogP contribution is 2.21. The first-order chi connectivity index (χ1) is 12.3. The number of aromatic nitrogens is 1. The summed E-state index contributed by atoms with van der Waals surface area (Å²) in [5.74, 6) is -0.559. The predicted octanol–water partition coefficient (Wildman–Crippen LogP) is 2.97. The molecule has 7 heteroatoms. The summed E-state index contributed by atoms with van der Waals surface area (Å²) in [6.45, 7) is 8.08. The molecule has 1 aliphatic rings. The second kappa shape index (κ2) is 7.07. The van der Waals surface area contributed by atoms with E-state index in [0.29, 0.717) is 12.1 Å². The van der Waals surface area contributed by atoms with Crippen LogP contribution in [0.3, 0.4) is 0 Å². The van der Waals surface area contributed by atoms with E-state index >= 15 is 0 Å². The van der Waals surface area contributed by atoms with E-state index in [9.17, 15) is 14.4 Å². The molecule has 1 N–H and O–H groups in total. The summed E-state index contributed by atoms with van der Waals surface area (Å²) in [5, 5.41) is 4.68. The monoisotopic (exact) mass is 373 g/mol. The number of nitrogens with zero attached hydrogens (tertiary/aromatic N) is 2. The lowest BCUT2D eigenvalue weighted by Crippen LogP contribution is -2.37.